The van der Waals surface area contributed by atoms with E-state index in [0.29, 0.717) is 6.54 Å². The summed E-state index contributed by atoms with van der Waals surface area (Å²) in [5.74, 6) is -0.479. The van der Waals surface area contributed by atoms with Crippen molar-refractivity contribution in [3.8, 4) is 0 Å². The molecule has 0 bridgehead atoms. The van der Waals surface area contributed by atoms with Crippen LogP contribution in [0.4, 0.5) is 0 Å². The van der Waals surface area contributed by atoms with Crippen molar-refractivity contribution in [1.82, 2.24) is 14.8 Å². The average molecular weight is 258 g/mol. The van der Waals surface area contributed by atoms with E-state index in [1.165, 1.54) is 4.90 Å². The molecule has 0 spiro atoms. The van der Waals surface area contributed by atoms with Crippen molar-refractivity contribution in [1.29, 1.82) is 0 Å². The minimum absolute atomic E-state index is 0.0481. The Morgan fingerprint density at radius 2 is 2.00 bits per heavy atom. The van der Waals surface area contributed by atoms with Gasteiger partial charge in [-0.15, -0.1) is 11.6 Å². The van der Waals surface area contributed by atoms with Crippen LogP contribution in [0.1, 0.15) is 5.56 Å². The predicted octanol–water partition coefficient (Wildman–Crippen LogP) is 0.670. The first-order valence-electron chi connectivity index (χ1n) is 5.20. The van der Waals surface area contributed by atoms with Crippen molar-refractivity contribution in [2.75, 3.05) is 26.5 Å². The van der Waals surface area contributed by atoms with Crippen LogP contribution in [0, 0.1) is 0 Å². The van der Waals surface area contributed by atoms with Gasteiger partial charge >= 0.3 is 0 Å². The van der Waals surface area contributed by atoms with E-state index in [2.05, 4.69) is 4.98 Å². The molecule has 0 atom stereocenters. The smallest absolute Gasteiger partial charge is 0.242 e. The van der Waals surface area contributed by atoms with Gasteiger partial charge < -0.3 is 14.8 Å². The summed E-state index contributed by atoms with van der Waals surface area (Å²) in [7, 11) is 3.26. The number of aromatic nitrogens is 1. The zero-order chi connectivity index (χ0) is 12.8. The average Bonchev–Trinajstić information content (AvgIpc) is 2.80. The van der Waals surface area contributed by atoms with E-state index in [0.717, 1.165) is 5.56 Å². The molecule has 1 aromatic heterocycles. The summed E-state index contributed by atoms with van der Waals surface area (Å²) < 4.78 is 0. The predicted molar refractivity (Wildman–Crippen MR) is 65.6 cm³/mol. The first kappa shape index (κ1) is 13.6. The highest BCUT2D eigenvalue weighted by molar-refractivity contribution is 6.27. The fraction of sp³-hybridized carbons (Fsp3) is 0.455. The van der Waals surface area contributed by atoms with Crippen LogP contribution in [0.15, 0.2) is 18.5 Å². The highest BCUT2D eigenvalue weighted by atomic mass is 35.5. The van der Waals surface area contributed by atoms with Crippen molar-refractivity contribution in [2.24, 2.45) is 0 Å². The maximum atomic E-state index is 11.8. The van der Waals surface area contributed by atoms with Crippen molar-refractivity contribution in [3.63, 3.8) is 0 Å². The number of nitrogens with one attached hydrogen (secondary N) is 1. The van der Waals surface area contributed by atoms with Gasteiger partial charge in [-0.05, 0) is 11.6 Å². The molecule has 0 aliphatic carbocycles. The fourth-order valence-corrected chi connectivity index (χ4v) is 1.54. The van der Waals surface area contributed by atoms with Gasteiger partial charge in [-0.2, -0.15) is 0 Å². The Balaban J connectivity index is 2.44. The number of likely N-dealkylation sites (N-methyl/N-ethyl adjacent to an activating group) is 2. The molecule has 94 valence electrons. The first-order valence-corrected chi connectivity index (χ1v) is 5.73. The summed E-state index contributed by atoms with van der Waals surface area (Å²) in [5, 5.41) is 0. The number of rotatable bonds is 5. The lowest BCUT2D eigenvalue weighted by Gasteiger charge is -2.21. The van der Waals surface area contributed by atoms with Gasteiger partial charge in [0.25, 0.3) is 0 Å². The Kier molecular flexibility index (Phi) is 5.03. The minimum Gasteiger partial charge on any atom is -0.367 e. The van der Waals surface area contributed by atoms with Crippen molar-refractivity contribution < 1.29 is 9.59 Å². The van der Waals surface area contributed by atoms with Crippen LogP contribution in [0.2, 0.25) is 0 Å². The van der Waals surface area contributed by atoms with E-state index in [4.69, 9.17) is 11.6 Å². The summed E-state index contributed by atoms with van der Waals surface area (Å²) >= 11 is 5.40. The van der Waals surface area contributed by atoms with Gasteiger partial charge in [0, 0.05) is 33.0 Å². The van der Waals surface area contributed by atoms with Crippen LogP contribution in [0.3, 0.4) is 0 Å². The number of aromatic amines is 1. The molecule has 0 aliphatic rings. The van der Waals surface area contributed by atoms with Crippen LogP contribution in [-0.4, -0.2) is 53.1 Å². The standard InChI is InChI=1S/C11H16ClN3O2/c1-14(7-9-3-4-13-6-9)11(17)8-15(2)10(16)5-12/h3-4,6,13H,5,7-8H2,1-2H3. The third-order valence-corrected chi connectivity index (χ3v) is 2.65. The number of H-pyrrole nitrogens is 1. The lowest BCUT2D eigenvalue weighted by molar-refractivity contribution is -0.137. The van der Waals surface area contributed by atoms with E-state index in [1.54, 1.807) is 25.2 Å². The lowest BCUT2D eigenvalue weighted by atomic mass is 10.3. The van der Waals surface area contributed by atoms with Crippen LogP contribution < -0.4 is 0 Å². The molecule has 1 rings (SSSR count). The number of nitrogens with zero attached hydrogens (tertiary/aromatic N) is 2. The number of alkyl halides is 1. The molecule has 5 nitrogen and oxygen atoms in total. The molecule has 0 saturated carbocycles. The highest BCUT2D eigenvalue weighted by Crippen LogP contribution is 2.02. The van der Waals surface area contributed by atoms with E-state index >= 15 is 0 Å². The van der Waals surface area contributed by atoms with Crippen molar-refractivity contribution >= 4 is 23.4 Å². The molecule has 0 saturated heterocycles. The third-order valence-electron chi connectivity index (χ3n) is 2.42. The quantitative estimate of drug-likeness (QED) is 0.789. The SMILES string of the molecule is CN(CC(=O)N(C)Cc1cc[nH]c1)C(=O)CCl. The van der Waals surface area contributed by atoms with Crippen LogP contribution >= 0.6 is 11.6 Å². The molecular formula is C11H16ClN3O2. The van der Waals surface area contributed by atoms with Crippen LogP contribution in [0.25, 0.3) is 0 Å². The molecular weight excluding hydrogens is 242 g/mol. The molecule has 0 radical (unpaired) electrons. The van der Waals surface area contributed by atoms with Gasteiger partial charge in [-0.25, -0.2) is 0 Å². The number of amides is 2. The molecule has 0 unspecified atom stereocenters. The second kappa shape index (κ2) is 6.30. The minimum atomic E-state index is -0.255. The molecule has 17 heavy (non-hydrogen) atoms. The van der Waals surface area contributed by atoms with Crippen molar-refractivity contribution in [3.05, 3.63) is 24.0 Å². The van der Waals surface area contributed by atoms with Gasteiger partial charge in [-0.1, -0.05) is 0 Å². The zero-order valence-electron chi connectivity index (χ0n) is 9.94. The van der Waals surface area contributed by atoms with Crippen molar-refractivity contribution in [2.45, 2.75) is 6.54 Å². The topological polar surface area (TPSA) is 56.4 Å². The van der Waals surface area contributed by atoms with Gasteiger partial charge in [0.05, 0.1) is 6.54 Å². The maximum Gasteiger partial charge on any atom is 0.242 e. The fourth-order valence-electron chi connectivity index (χ4n) is 1.33. The molecule has 1 heterocycles. The molecule has 6 heteroatoms. The van der Waals surface area contributed by atoms with Gasteiger partial charge in [0.1, 0.15) is 5.88 Å². The first-order chi connectivity index (χ1) is 8.04. The Labute approximate surface area is 105 Å². The van der Waals surface area contributed by atoms with Gasteiger partial charge in [-0.3, -0.25) is 9.59 Å². The molecule has 0 fully saturated rings. The zero-order valence-corrected chi connectivity index (χ0v) is 10.7. The van der Waals surface area contributed by atoms with Crippen LogP contribution in [0.5, 0.6) is 0 Å². The second-order valence-corrected chi connectivity index (χ2v) is 4.12. The summed E-state index contributed by atoms with van der Waals surface area (Å²) in [4.78, 5) is 28.8. The summed E-state index contributed by atoms with van der Waals surface area (Å²) in [6, 6.07) is 1.90. The molecule has 1 aromatic rings. The monoisotopic (exact) mass is 257 g/mol. The van der Waals surface area contributed by atoms with Crippen LogP contribution in [-0.2, 0) is 16.1 Å². The Morgan fingerprint density at radius 3 is 2.53 bits per heavy atom. The Hall–Kier alpha value is -1.49. The highest BCUT2D eigenvalue weighted by Gasteiger charge is 2.15. The van der Waals surface area contributed by atoms with Gasteiger partial charge in [0.2, 0.25) is 11.8 Å². The summed E-state index contributed by atoms with van der Waals surface area (Å²) in [6.45, 7) is 0.567. The summed E-state index contributed by atoms with van der Waals surface area (Å²) in [5.41, 5.74) is 1.02. The van der Waals surface area contributed by atoms with Gasteiger partial charge in [0.15, 0.2) is 0 Å². The third kappa shape index (κ3) is 4.11. The molecule has 2 amide bonds. The van der Waals surface area contributed by atoms with E-state index < -0.39 is 0 Å². The number of halogens is 1. The largest absolute Gasteiger partial charge is 0.367 e. The molecule has 1 N–H and O–H groups in total. The number of carbonyl (C=O) groups is 2. The number of carbonyl (C=O) groups excluding carboxylic acids is 2. The number of hydrogen-bond donors (Lipinski definition) is 1. The van der Waals surface area contributed by atoms with E-state index in [1.807, 2.05) is 12.3 Å². The van der Waals surface area contributed by atoms with E-state index in [-0.39, 0.29) is 24.2 Å². The second-order valence-electron chi connectivity index (χ2n) is 3.85. The Morgan fingerprint density at radius 1 is 1.29 bits per heavy atom. The molecule has 0 aromatic carbocycles. The van der Waals surface area contributed by atoms with E-state index in [9.17, 15) is 9.59 Å². The Bertz CT molecular complexity index is 378. The summed E-state index contributed by atoms with van der Waals surface area (Å²) in [6.07, 6.45) is 3.63. The number of hydrogen-bond acceptors (Lipinski definition) is 2. The molecule has 0 aliphatic heterocycles. The lowest BCUT2D eigenvalue weighted by Crippen LogP contribution is -2.39. The normalized spacial score (nSPS) is 10.1. The maximum absolute atomic E-state index is 11.8.